The third kappa shape index (κ3) is 4.02. The smallest absolute Gasteiger partial charge is 0.342 e. The van der Waals surface area contributed by atoms with Crippen LogP contribution in [-0.4, -0.2) is 44.4 Å². The summed E-state index contributed by atoms with van der Waals surface area (Å²) in [5, 5.41) is 6.84. The van der Waals surface area contributed by atoms with Crippen molar-refractivity contribution in [3.63, 3.8) is 0 Å². The van der Waals surface area contributed by atoms with Gasteiger partial charge in [-0.1, -0.05) is 42.5 Å². The average molecular weight is 431 g/mol. The first-order chi connectivity index (χ1) is 15.5. The second-order valence-electron chi connectivity index (χ2n) is 8.89. The Hall–Kier alpha value is -3.48. The minimum Gasteiger partial charge on any atom is -0.342 e. The summed E-state index contributed by atoms with van der Waals surface area (Å²) >= 11 is 0. The number of rotatable bonds is 6. The molecule has 0 radical (unpaired) electrons. The van der Waals surface area contributed by atoms with Gasteiger partial charge in [-0.05, 0) is 49.3 Å². The van der Waals surface area contributed by atoms with Crippen molar-refractivity contribution in [1.29, 1.82) is 0 Å². The molecule has 1 aliphatic carbocycles. The Morgan fingerprint density at radius 2 is 1.78 bits per heavy atom. The first-order valence-corrected chi connectivity index (χ1v) is 11.2. The molecule has 1 aliphatic heterocycles. The van der Waals surface area contributed by atoms with E-state index in [4.69, 9.17) is 0 Å². The van der Waals surface area contributed by atoms with E-state index in [1.807, 2.05) is 53.4 Å². The standard InChI is InChI=1S/C25H26N4O3/c1-16(30)21-3-2-4-22(13-21)18-5-7-19(8-6-18)23-26-27-25(32)29(23)15-17-11-12-28(14-17)24(31)20-9-10-20/h2-8,13,17,20H,9-12,14-15H2,1H3,(H,27,32). The van der Waals surface area contributed by atoms with E-state index in [-0.39, 0.29) is 29.2 Å². The quantitative estimate of drug-likeness (QED) is 0.608. The minimum atomic E-state index is -0.231. The molecule has 1 saturated heterocycles. The molecule has 1 amide bonds. The molecule has 7 nitrogen and oxygen atoms in total. The van der Waals surface area contributed by atoms with Crippen molar-refractivity contribution in [2.75, 3.05) is 13.1 Å². The van der Waals surface area contributed by atoms with Crippen molar-refractivity contribution >= 4 is 11.7 Å². The van der Waals surface area contributed by atoms with Gasteiger partial charge in [-0.25, -0.2) is 9.89 Å². The van der Waals surface area contributed by atoms with Crippen LogP contribution in [0.5, 0.6) is 0 Å². The van der Waals surface area contributed by atoms with Crippen LogP contribution in [0.1, 0.15) is 36.5 Å². The number of benzene rings is 2. The summed E-state index contributed by atoms with van der Waals surface area (Å²) in [4.78, 5) is 38.4. The highest BCUT2D eigenvalue weighted by atomic mass is 16.2. The van der Waals surface area contributed by atoms with Crippen LogP contribution < -0.4 is 5.69 Å². The number of Topliss-reactive ketones (excluding diaryl/α,β-unsaturated/α-hetero) is 1. The van der Waals surface area contributed by atoms with Gasteiger partial charge in [-0.3, -0.25) is 14.2 Å². The zero-order valence-corrected chi connectivity index (χ0v) is 18.1. The van der Waals surface area contributed by atoms with Gasteiger partial charge >= 0.3 is 5.69 Å². The predicted molar refractivity (Wildman–Crippen MR) is 121 cm³/mol. The zero-order valence-electron chi connectivity index (χ0n) is 18.1. The van der Waals surface area contributed by atoms with Gasteiger partial charge in [-0.15, -0.1) is 0 Å². The van der Waals surface area contributed by atoms with Crippen molar-refractivity contribution in [1.82, 2.24) is 19.7 Å². The van der Waals surface area contributed by atoms with Crippen LogP contribution in [0, 0.1) is 11.8 Å². The maximum atomic E-state index is 12.5. The Morgan fingerprint density at radius 1 is 1.03 bits per heavy atom. The lowest BCUT2D eigenvalue weighted by atomic mass is 10.0. The Bertz CT molecular complexity index is 1220. The Labute approximate surface area is 186 Å². The molecule has 1 unspecified atom stereocenters. The summed E-state index contributed by atoms with van der Waals surface area (Å²) < 4.78 is 1.68. The average Bonchev–Trinajstić information content (AvgIpc) is 3.46. The normalized spacial score (nSPS) is 18.2. The predicted octanol–water partition coefficient (Wildman–Crippen LogP) is 3.37. The van der Waals surface area contributed by atoms with Crippen molar-refractivity contribution in [3.8, 4) is 22.5 Å². The highest BCUT2D eigenvalue weighted by Crippen LogP contribution is 2.33. The summed E-state index contributed by atoms with van der Waals surface area (Å²) in [5.74, 6) is 1.40. The van der Waals surface area contributed by atoms with Crippen LogP contribution in [-0.2, 0) is 11.3 Å². The van der Waals surface area contributed by atoms with Gasteiger partial charge < -0.3 is 4.90 Å². The number of hydrogen-bond donors (Lipinski definition) is 1. The number of aromatic amines is 1. The van der Waals surface area contributed by atoms with Gasteiger partial charge in [-0.2, -0.15) is 5.10 Å². The molecule has 1 aromatic heterocycles. The fourth-order valence-corrected chi connectivity index (χ4v) is 4.47. The molecule has 1 atom stereocenters. The molecule has 0 spiro atoms. The van der Waals surface area contributed by atoms with Crippen LogP contribution in [0.15, 0.2) is 53.3 Å². The molecular weight excluding hydrogens is 404 g/mol. The van der Waals surface area contributed by atoms with Gasteiger partial charge in [0.2, 0.25) is 5.91 Å². The van der Waals surface area contributed by atoms with E-state index in [0.29, 0.717) is 24.5 Å². The molecule has 0 bridgehead atoms. The molecule has 2 aromatic carbocycles. The third-order valence-electron chi connectivity index (χ3n) is 6.47. The fraction of sp³-hybridized carbons (Fsp3) is 0.360. The van der Waals surface area contributed by atoms with Crippen LogP contribution in [0.3, 0.4) is 0 Å². The Kier molecular flexibility index (Phi) is 5.25. The van der Waals surface area contributed by atoms with Crippen molar-refractivity contribution < 1.29 is 9.59 Å². The van der Waals surface area contributed by atoms with Gasteiger partial charge in [0.1, 0.15) is 0 Å². The summed E-state index contributed by atoms with van der Waals surface area (Å²) in [6, 6.07) is 15.4. The number of carbonyl (C=O) groups is 2. The molecule has 32 heavy (non-hydrogen) atoms. The maximum Gasteiger partial charge on any atom is 0.343 e. The van der Waals surface area contributed by atoms with Gasteiger partial charge in [0.15, 0.2) is 11.6 Å². The van der Waals surface area contributed by atoms with Crippen LogP contribution >= 0.6 is 0 Å². The molecular formula is C25H26N4O3. The largest absolute Gasteiger partial charge is 0.343 e. The second-order valence-corrected chi connectivity index (χ2v) is 8.89. The topological polar surface area (TPSA) is 88.1 Å². The van der Waals surface area contributed by atoms with E-state index in [1.54, 1.807) is 11.5 Å². The number of nitrogens with zero attached hydrogens (tertiary/aromatic N) is 3. The fourth-order valence-electron chi connectivity index (χ4n) is 4.47. The SMILES string of the molecule is CC(=O)c1cccc(-c2ccc(-c3n[nH]c(=O)n3CC3CCN(C(=O)C4CC4)C3)cc2)c1. The van der Waals surface area contributed by atoms with Crippen LogP contribution in [0.25, 0.3) is 22.5 Å². The molecule has 2 heterocycles. The number of ketones is 1. The zero-order chi connectivity index (χ0) is 22.2. The Balaban J connectivity index is 1.34. The molecule has 2 fully saturated rings. The van der Waals surface area contributed by atoms with E-state index in [2.05, 4.69) is 10.2 Å². The number of amides is 1. The van der Waals surface area contributed by atoms with Gasteiger partial charge in [0, 0.05) is 36.7 Å². The lowest BCUT2D eigenvalue weighted by molar-refractivity contribution is -0.131. The molecule has 3 aromatic rings. The van der Waals surface area contributed by atoms with Crippen LogP contribution in [0.2, 0.25) is 0 Å². The lowest BCUT2D eigenvalue weighted by Gasteiger charge is -2.16. The first kappa shape index (κ1) is 20.4. The molecule has 1 N–H and O–H groups in total. The molecule has 1 saturated carbocycles. The van der Waals surface area contributed by atoms with Crippen molar-refractivity contribution in [2.45, 2.75) is 32.7 Å². The molecule has 7 heteroatoms. The summed E-state index contributed by atoms with van der Waals surface area (Å²) in [6.45, 7) is 3.58. The number of hydrogen-bond acceptors (Lipinski definition) is 4. The van der Waals surface area contributed by atoms with E-state index in [0.717, 1.165) is 42.5 Å². The first-order valence-electron chi connectivity index (χ1n) is 11.2. The number of likely N-dealkylation sites (tertiary alicyclic amines) is 1. The highest BCUT2D eigenvalue weighted by Gasteiger charge is 2.36. The number of H-pyrrole nitrogens is 1. The molecule has 5 rings (SSSR count). The third-order valence-corrected chi connectivity index (χ3v) is 6.47. The van der Waals surface area contributed by atoms with E-state index < -0.39 is 0 Å². The molecule has 2 aliphatic rings. The van der Waals surface area contributed by atoms with Gasteiger partial charge in [0.05, 0.1) is 0 Å². The van der Waals surface area contributed by atoms with Crippen molar-refractivity contribution in [2.24, 2.45) is 11.8 Å². The summed E-state index contributed by atoms with van der Waals surface area (Å²) in [7, 11) is 0. The molecule has 164 valence electrons. The van der Waals surface area contributed by atoms with E-state index in [9.17, 15) is 14.4 Å². The number of aromatic nitrogens is 3. The van der Waals surface area contributed by atoms with E-state index in [1.165, 1.54) is 0 Å². The lowest BCUT2D eigenvalue weighted by Crippen LogP contribution is -2.31. The number of carbonyl (C=O) groups excluding carboxylic acids is 2. The summed E-state index contributed by atoms with van der Waals surface area (Å²) in [6.07, 6.45) is 2.93. The van der Waals surface area contributed by atoms with Crippen LogP contribution in [0.4, 0.5) is 0 Å². The minimum absolute atomic E-state index is 0.0355. The number of nitrogens with one attached hydrogen (secondary N) is 1. The second kappa shape index (κ2) is 8.22. The monoisotopic (exact) mass is 430 g/mol. The highest BCUT2D eigenvalue weighted by molar-refractivity contribution is 5.95. The van der Waals surface area contributed by atoms with Crippen molar-refractivity contribution in [3.05, 3.63) is 64.6 Å². The summed E-state index contributed by atoms with van der Waals surface area (Å²) in [5.41, 5.74) is 3.25. The van der Waals surface area contributed by atoms with E-state index >= 15 is 0 Å². The van der Waals surface area contributed by atoms with Gasteiger partial charge in [0.25, 0.3) is 0 Å². The Morgan fingerprint density at radius 3 is 2.50 bits per heavy atom. The maximum absolute atomic E-state index is 12.5.